The van der Waals surface area contributed by atoms with E-state index in [0.29, 0.717) is 17.8 Å². The molecule has 1 atom stereocenters. The van der Waals surface area contributed by atoms with E-state index in [2.05, 4.69) is 26.5 Å². The summed E-state index contributed by atoms with van der Waals surface area (Å²) in [4.78, 5) is 20.2. The van der Waals surface area contributed by atoms with Crippen LogP contribution in [0.4, 0.5) is 4.79 Å². The number of aromatic amines is 1. The van der Waals surface area contributed by atoms with Crippen LogP contribution >= 0.6 is 0 Å². The van der Waals surface area contributed by atoms with Gasteiger partial charge in [0.15, 0.2) is 0 Å². The lowest BCUT2D eigenvalue weighted by Gasteiger charge is -2.22. The zero-order valence-electron chi connectivity index (χ0n) is 17.9. The van der Waals surface area contributed by atoms with Crippen molar-refractivity contribution in [3.8, 4) is 17.3 Å². The molecule has 0 aliphatic rings. The normalized spacial score (nSPS) is 12.3. The second-order valence-corrected chi connectivity index (χ2v) is 8.17. The third-order valence-electron chi connectivity index (χ3n) is 4.52. The molecule has 2 N–H and O–H groups in total. The number of carbonyl (C=O) groups excluding carboxylic acids is 1. The Labute approximate surface area is 175 Å². The van der Waals surface area contributed by atoms with Crippen LogP contribution in [0.3, 0.4) is 0 Å². The molecule has 0 saturated carbocycles. The van der Waals surface area contributed by atoms with Gasteiger partial charge < -0.3 is 15.0 Å². The second-order valence-electron chi connectivity index (χ2n) is 8.17. The number of carbonyl (C=O) groups is 1. The topological polar surface area (TPSA) is 109 Å². The highest BCUT2D eigenvalue weighted by molar-refractivity contribution is 5.68. The zero-order chi connectivity index (χ0) is 21.9. The number of nitriles is 1. The zero-order valence-corrected chi connectivity index (χ0v) is 17.9. The van der Waals surface area contributed by atoms with Crippen LogP contribution in [0.1, 0.15) is 49.6 Å². The Kier molecular flexibility index (Phi) is 5.92. The number of H-pyrrole nitrogens is 1. The summed E-state index contributed by atoms with van der Waals surface area (Å²) in [5, 5.41) is 16.4. The molecule has 8 nitrogen and oxygen atoms in total. The lowest BCUT2D eigenvalue weighted by Crippen LogP contribution is -2.36. The first-order chi connectivity index (χ1) is 14.1. The minimum absolute atomic E-state index is 0.443. The molecule has 0 bridgehead atoms. The van der Waals surface area contributed by atoms with Crippen molar-refractivity contribution >= 4 is 6.09 Å². The van der Waals surface area contributed by atoms with Gasteiger partial charge in [-0.25, -0.2) is 9.78 Å². The predicted molar refractivity (Wildman–Crippen MR) is 112 cm³/mol. The van der Waals surface area contributed by atoms with Crippen molar-refractivity contribution in [2.75, 3.05) is 0 Å². The van der Waals surface area contributed by atoms with Gasteiger partial charge in [-0.2, -0.15) is 10.4 Å². The standard InChI is InChI=1S/C22H26N6O2/c1-14-10-17(27-28(14)5)11-18(26-21(29)30-22(2,3)4)20-24-13-19(25-20)16-8-6-15(12-23)7-9-16/h6-10,13,18H,11H2,1-5H3,(H,24,25)(H,26,29)/t18-/m0/s1. The van der Waals surface area contributed by atoms with Gasteiger partial charge in [0, 0.05) is 19.2 Å². The Morgan fingerprint density at radius 2 is 2.03 bits per heavy atom. The van der Waals surface area contributed by atoms with E-state index in [1.807, 2.05) is 52.9 Å². The molecule has 1 aromatic carbocycles. The summed E-state index contributed by atoms with van der Waals surface area (Å²) in [5.41, 5.74) is 3.55. The van der Waals surface area contributed by atoms with Gasteiger partial charge in [0.2, 0.25) is 0 Å². The van der Waals surface area contributed by atoms with Crippen LogP contribution in [0, 0.1) is 18.3 Å². The summed E-state index contributed by atoms with van der Waals surface area (Å²) in [5.74, 6) is 0.600. The second kappa shape index (κ2) is 8.41. The molecule has 156 valence electrons. The highest BCUT2D eigenvalue weighted by Crippen LogP contribution is 2.22. The number of imidazole rings is 1. The van der Waals surface area contributed by atoms with Crippen molar-refractivity contribution in [1.82, 2.24) is 25.1 Å². The third-order valence-corrected chi connectivity index (χ3v) is 4.52. The van der Waals surface area contributed by atoms with E-state index in [1.54, 1.807) is 23.0 Å². The Hall–Kier alpha value is -3.60. The quantitative estimate of drug-likeness (QED) is 0.670. The number of nitrogens with one attached hydrogen (secondary N) is 2. The smallest absolute Gasteiger partial charge is 0.408 e. The minimum atomic E-state index is -0.604. The SMILES string of the molecule is Cc1cc(C[C@H](NC(=O)OC(C)(C)C)c2ncc(-c3ccc(C#N)cc3)[nH]2)nn1C. The minimum Gasteiger partial charge on any atom is -0.444 e. The average Bonchev–Trinajstić information content (AvgIpc) is 3.27. The molecule has 0 aliphatic heterocycles. The number of amides is 1. The number of hydrogen-bond acceptors (Lipinski definition) is 5. The molecule has 2 heterocycles. The molecule has 3 aromatic rings. The highest BCUT2D eigenvalue weighted by Gasteiger charge is 2.24. The largest absolute Gasteiger partial charge is 0.444 e. The molecule has 0 spiro atoms. The molecule has 1 amide bonds. The van der Waals surface area contributed by atoms with Crippen molar-refractivity contribution in [3.05, 3.63) is 59.3 Å². The first kappa shape index (κ1) is 21.1. The van der Waals surface area contributed by atoms with E-state index in [4.69, 9.17) is 10.00 Å². The molecule has 8 heteroatoms. The number of aryl methyl sites for hydroxylation is 2. The van der Waals surface area contributed by atoms with Gasteiger partial charge >= 0.3 is 6.09 Å². The number of hydrogen-bond donors (Lipinski definition) is 2. The monoisotopic (exact) mass is 406 g/mol. The van der Waals surface area contributed by atoms with Crippen molar-refractivity contribution in [2.24, 2.45) is 7.05 Å². The number of rotatable bonds is 5. The molecule has 0 fully saturated rings. The van der Waals surface area contributed by atoms with E-state index in [-0.39, 0.29) is 0 Å². The number of benzene rings is 1. The predicted octanol–water partition coefficient (Wildman–Crippen LogP) is 3.80. The molecule has 3 rings (SSSR count). The van der Waals surface area contributed by atoms with E-state index >= 15 is 0 Å². The fourth-order valence-electron chi connectivity index (χ4n) is 2.99. The van der Waals surface area contributed by atoms with Gasteiger partial charge in [0.1, 0.15) is 11.4 Å². The summed E-state index contributed by atoms with van der Waals surface area (Å²) in [6, 6.07) is 10.9. The van der Waals surface area contributed by atoms with Gasteiger partial charge in [0.25, 0.3) is 0 Å². The maximum Gasteiger partial charge on any atom is 0.408 e. The van der Waals surface area contributed by atoms with E-state index in [0.717, 1.165) is 22.6 Å². The van der Waals surface area contributed by atoms with Crippen LogP contribution in [-0.4, -0.2) is 31.4 Å². The molecule has 0 aliphatic carbocycles. The Bertz CT molecular complexity index is 1050. The molecule has 2 aromatic heterocycles. The van der Waals surface area contributed by atoms with Gasteiger partial charge in [-0.1, -0.05) is 12.1 Å². The summed E-state index contributed by atoms with van der Waals surface area (Å²) < 4.78 is 7.22. The highest BCUT2D eigenvalue weighted by atomic mass is 16.6. The summed E-state index contributed by atoms with van der Waals surface area (Å²) in [7, 11) is 1.88. The first-order valence-corrected chi connectivity index (χ1v) is 9.69. The average molecular weight is 406 g/mol. The number of aromatic nitrogens is 4. The van der Waals surface area contributed by atoms with Crippen LogP contribution in [0.15, 0.2) is 36.5 Å². The lowest BCUT2D eigenvalue weighted by atomic mass is 10.1. The number of alkyl carbamates (subject to hydrolysis) is 1. The van der Waals surface area contributed by atoms with Crippen molar-refractivity contribution < 1.29 is 9.53 Å². The van der Waals surface area contributed by atoms with Crippen molar-refractivity contribution in [2.45, 2.75) is 45.8 Å². The van der Waals surface area contributed by atoms with E-state index in [9.17, 15) is 4.79 Å². The summed E-state index contributed by atoms with van der Waals surface area (Å²) in [6.07, 6.45) is 1.65. The van der Waals surface area contributed by atoms with Crippen LogP contribution in [0.25, 0.3) is 11.3 Å². The summed E-state index contributed by atoms with van der Waals surface area (Å²) in [6.45, 7) is 7.43. The van der Waals surface area contributed by atoms with Crippen LogP contribution in [0.2, 0.25) is 0 Å². The maximum absolute atomic E-state index is 12.4. The fourth-order valence-corrected chi connectivity index (χ4v) is 2.99. The van der Waals surface area contributed by atoms with E-state index in [1.165, 1.54) is 0 Å². The third kappa shape index (κ3) is 5.26. The first-order valence-electron chi connectivity index (χ1n) is 9.69. The molecule has 0 radical (unpaired) electrons. The van der Waals surface area contributed by atoms with Crippen molar-refractivity contribution in [3.63, 3.8) is 0 Å². The Morgan fingerprint density at radius 3 is 2.60 bits per heavy atom. The lowest BCUT2D eigenvalue weighted by molar-refractivity contribution is 0.0501. The van der Waals surface area contributed by atoms with E-state index < -0.39 is 17.7 Å². The van der Waals surface area contributed by atoms with Gasteiger partial charge in [0.05, 0.1) is 35.3 Å². The molecule has 0 unspecified atom stereocenters. The van der Waals surface area contributed by atoms with Gasteiger partial charge in [-0.3, -0.25) is 4.68 Å². The molecule has 0 saturated heterocycles. The molecule has 30 heavy (non-hydrogen) atoms. The Balaban J connectivity index is 1.86. The molecular formula is C22H26N6O2. The van der Waals surface area contributed by atoms with Crippen LogP contribution < -0.4 is 5.32 Å². The Morgan fingerprint density at radius 1 is 1.33 bits per heavy atom. The maximum atomic E-state index is 12.4. The van der Waals surface area contributed by atoms with Crippen LogP contribution in [0.5, 0.6) is 0 Å². The van der Waals surface area contributed by atoms with Gasteiger partial charge in [-0.05, 0) is 51.5 Å². The van der Waals surface area contributed by atoms with Gasteiger partial charge in [-0.15, -0.1) is 0 Å². The number of ether oxygens (including phenoxy) is 1. The summed E-state index contributed by atoms with van der Waals surface area (Å²) >= 11 is 0. The fraction of sp³-hybridized carbons (Fsp3) is 0.364. The van der Waals surface area contributed by atoms with Crippen LogP contribution in [-0.2, 0) is 18.2 Å². The van der Waals surface area contributed by atoms with Crippen molar-refractivity contribution in [1.29, 1.82) is 5.26 Å². The molecular weight excluding hydrogens is 380 g/mol. The number of nitrogens with zero attached hydrogens (tertiary/aromatic N) is 4.